The van der Waals surface area contributed by atoms with E-state index in [0.717, 1.165) is 18.4 Å². The molecule has 2 aliphatic rings. The van der Waals surface area contributed by atoms with E-state index >= 15 is 0 Å². The van der Waals surface area contributed by atoms with Gasteiger partial charge in [-0.05, 0) is 37.8 Å². The van der Waals surface area contributed by atoms with Gasteiger partial charge in [0.1, 0.15) is 0 Å². The fourth-order valence-electron chi connectivity index (χ4n) is 3.06. The van der Waals surface area contributed by atoms with Crippen LogP contribution in [0.25, 0.3) is 0 Å². The Morgan fingerprint density at radius 2 is 1.70 bits per heavy atom. The van der Waals surface area contributed by atoms with E-state index in [2.05, 4.69) is 31.9 Å². The van der Waals surface area contributed by atoms with Crippen molar-refractivity contribution in [3.8, 4) is 0 Å². The van der Waals surface area contributed by atoms with Crippen LogP contribution in [0.4, 0.5) is 0 Å². The zero-order valence-corrected chi connectivity index (χ0v) is 15.2. The van der Waals surface area contributed by atoms with Crippen molar-refractivity contribution >= 4 is 41.9 Å². The summed E-state index contributed by atoms with van der Waals surface area (Å²) in [5.74, 6) is 0.494. The van der Waals surface area contributed by atoms with E-state index in [1.165, 1.54) is 0 Å². The minimum Gasteiger partial charge on any atom is -0.207 e. The molecule has 1 aromatic carbocycles. The molecule has 6 heteroatoms. The lowest BCUT2D eigenvalue weighted by molar-refractivity contribution is 0.0667. The molecule has 0 unspecified atom stereocenters. The highest BCUT2D eigenvalue weighted by molar-refractivity contribution is 9.12. The van der Waals surface area contributed by atoms with Gasteiger partial charge < -0.3 is 0 Å². The lowest BCUT2D eigenvalue weighted by Gasteiger charge is -2.52. The van der Waals surface area contributed by atoms with Gasteiger partial charge in [-0.3, -0.25) is 0 Å². The van der Waals surface area contributed by atoms with Crippen LogP contribution in [0.5, 0.6) is 0 Å². The molecule has 1 aliphatic carbocycles. The van der Waals surface area contributed by atoms with Crippen molar-refractivity contribution in [2.45, 2.75) is 40.4 Å². The molecule has 3 rings (SSSR count). The Balaban J connectivity index is 1.82. The molecule has 3 nitrogen and oxygen atoms in total. The van der Waals surface area contributed by atoms with E-state index in [0.29, 0.717) is 27.0 Å². The number of halogens is 2. The third-order valence-corrected chi connectivity index (χ3v) is 8.98. The molecule has 2 fully saturated rings. The summed E-state index contributed by atoms with van der Waals surface area (Å²) in [4.78, 5) is 1.21. The third kappa shape index (κ3) is 2.49. The second-order valence-electron chi connectivity index (χ2n) is 5.72. The number of hydrogen-bond donors (Lipinski definition) is 0. The van der Waals surface area contributed by atoms with Crippen molar-refractivity contribution in [1.29, 1.82) is 0 Å². The van der Waals surface area contributed by atoms with Gasteiger partial charge in [0.05, 0.1) is 4.90 Å². The third-order valence-electron chi connectivity index (χ3n) is 4.34. The topological polar surface area (TPSA) is 37.4 Å². The van der Waals surface area contributed by atoms with Crippen LogP contribution in [0.2, 0.25) is 0 Å². The van der Waals surface area contributed by atoms with E-state index in [-0.39, 0.29) is 6.04 Å². The maximum absolute atomic E-state index is 12.7. The maximum atomic E-state index is 12.7. The van der Waals surface area contributed by atoms with Crippen molar-refractivity contribution < 1.29 is 8.42 Å². The lowest BCUT2D eigenvalue weighted by atomic mass is 9.79. The van der Waals surface area contributed by atoms with Gasteiger partial charge in [-0.1, -0.05) is 49.6 Å². The number of fused-ring (bicyclic) bond motifs is 1. The molecule has 0 bridgehead atoms. The Bertz CT molecular complexity index is 602. The molecular weight excluding hydrogens is 406 g/mol. The monoisotopic (exact) mass is 421 g/mol. The Morgan fingerprint density at radius 1 is 1.10 bits per heavy atom. The Labute approximate surface area is 137 Å². The molecule has 1 aromatic rings. The predicted molar refractivity (Wildman–Crippen MR) is 87.0 cm³/mol. The molecule has 20 heavy (non-hydrogen) atoms. The maximum Gasteiger partial charge on any atom is 0.243 e. The highest BCUT2D eigenvalue weighted by atomic mass is 79.9. The van der Waals surface area contributed by atoms with Crippen LogP contribution in [0.15, 0.2) is 29.2 Å². The highest BCUT2D eigenvalue weighted by Crippen LogP contribution is 2.44. The lowest BCUT2D eigenvalue weighted by Crippen LogP contribution is -2.62. The molecule has 1 heterocycles. The molecule has 1 saturated carbocycles. The van der Waals surface area contributed by atoms with E-state index in [1.54, 1.807) is 16.4 Å². The molecule has 4 atom stereocenters. The Hall–Kier alpha value is 0.0900. The van der Waals surface area contributed by atoms with Crippen LogP contribution in [-0.4, -0.2) is 35.0 Å². The second kappa shape index (κ2) is 5.38. The van der Waals surface area contributed by atoms with E-state index < -0.39 is 10.0 Å². The SMILES string of the molecule is Cc1ccc(S(=O)(=O)N2C[C@@H]3C[C@H](Br)[C@H](Br)C[C@@H]32)cc1. The van der Waals surface area contributed by atoms with Gasteiger partial charge in [0, 0.05) is 22.2 Å². The first-order chi connectivity index (χ1) is 9.39. The van der Waals surface area contributed by atoms with Crippen LogP contribution >= 0.6 is 31.9 Å². The molecule has 0 aromatic heterocycles. The zero-order valence-electron chi connectivity index (χ0n) is 11.2. The highest BCUT2D eigenvalue weighted by Gasteiger charge is 2.50. The van der Waals surface area contributed by atoms with Crippen LogP contribution in [0, 0.1) is 12.8 Å². The van der Waals surface area contributed by atoms with E-state index in [1.807, 2.05) is 19.1 Å². The Kier molecular flexibility index (Phi) is 4.03. The number of benzene rings is 1. The molecule has 110 valence electrons. The fourth-order valence-corrected chi connectivity index (χ4v) is 6.11. The minimum atomic E-state index is -3.33. The quantitative estimate of drug-likeness (QED) is 0.685. The van der Waals surface area contributed by atoms with Crippen LogP contribution < -0.4 is 0 Å². The average Bonchev–Trinajstić information content (AvgIpc) is 2.38. The zero-order chi connectivity index (χ0) is 14.5. The van der Waals surface area contributed by atoms with Gasteiger partial charge >= 0.3 is 0 Å². The van der Waals surface area contributed by atoms with E-state index in [9.17, 15) is 8.42 Å². The van der Waals surface area contributed by atoms with Crippen molar-refractivity contribution in [3.63, 3.8) is 0 Å². The largest absolute Gasteiger partial charge is 0.243 e. The number of aryl methyl sites for hydroxylation is 1. The van der Waals surface area contributed by atoms with Crippen molar-refractivity contribution in [2.24, 2.45) is 5.92 Å². The van der Waals surface area contributed by atoms with E-state index in [4.69, 9.17) is 0 Å². The number of nitrogens with zero attached hydrogens (tertiary/aromatic N) is 1. The van der Waals surface area contributed by atoms with Crippen molar-refractivity contribution in [3.05, 3.63) is 29.8 Å². The van der Waals surface area contributed by atoms with Crippen LogP contribution in [0.3, 0.4) is 0 Å². The summed E-state index contributed by atoms with van der Waals surface area (Å²) < 4.78 is 27.0. The van der Waals surface area contributed by atoms with Gasteiger partial charge in [0.15, 0.2) is 0 Å². The summed E-state index contributed by atoms with van der Waals surface area (Å²) in [5, 5.41) is 0. The fraction of sp³-hybridized carbons (Fsp3) is 0.571. The normalized spacial score (nSPS) is 34.4. The molecule has 0 radical (unpaired) electrons. The van der Waals surface area contributed by atoms with Crippen LogP contribution in [0.1, 0.15) is 18.4 Å². The molecule has 0 amide bonds. The van der Waals surface area contributed by atoms with Crippen LogP contribution in [-0.2, 0) is 10.0 Å². The molecule has 1 saturated heterocycles. The molecule has 0 spiro atoms. The van der Waals surface area contributed by atoms with Crippen molar-refractivity contribution in [2.75, 3.05) is 6.54 Å². The Morgan fingerprint density at radius 3 is 2.35 bits per heavy atom. The van der Waals surface area contributed by atoms with Crippen molar-refractivity contribution in [1.82, 2.24) is 4.31 Å². The first kappa shape index (κ1) is 15.0. The average molecular weight is 423 g/mol. The summed E-state index contributed by atoms with van der Waals surface area (Å²) in [6.45, 7) is 2.62. The second-order valence-corrected chi connectivity index (χ2v) is 9.96. The molecular formula is C14H17Br2NO2S. The minimum absolute atomic E-state index is 0.152. The number of alkyl halides is 2. The summed E-state index contributed by atoms with van der Waals surface area (Å²) in [5.41, 5.74) is 1.07. The van der Waals surface area contributed by atoms with Gasteiger partial charge in [0.25, 0.3) is 0 Å². The summed E-state index contributed by atoms with van der Waals surface area (Å²) in [6.07, 6.45) is 1.92. The number of rotatable bonds is 2. The standard InChI is InChI=1S/C14H17Br2NO2S/c1-9-2-4-11(5-3-9)20(18,19)17-8-10-6-12(15)13(16)7-14(10)17/h2-5,10,12-14H,6-8H2,1H3/t10-,12-,13+,14-/m0/s1. The van der Waals surface area contributed by atoms with Gasteiger partial charge in [-0.15, -0.1) is 0 Å². The molecule has 1 aliphatic heterocycles. The smallest absolute Gasteiger partial charge is 0.207 e. The predicted octanol–water partition coefficient (Wildman–Crippen LogP) is 3.30. The summed E-state index contributed by atoms with van der Waals surface area (Å²) >= 11 is 7.31. The van der Waals surface area contributed by atoms with Gasteiger partial charge in [-0.25, -0.2) is 8.42 Å². The molecule has 0 N–H and O–H groups in total. The first-order valence-corrected chi connectivity index (χ1v) is 10.0. The first-order valence-electron chi connectivity index (χ1n) is 6.76. The number of hydrogen-bond acceptors (Lipinski definition) is 2. The van der Waals surface area contributed by atoms with Gasteiger partial charge in [0.2, 0.25) is 10.0 Å². The summed E-state index contributed by atoms with van der Waals surface area (Å²) in [6, 6.07) is 7.28. The summed E-state index contributed by atoms with van der Waals surface area (Å²) in [7, 11) is -3.33. The number of sulfonamides is 1. The van der Waals surface area contributed by atoms with Gasteiger partial charge in [-0.2, -0.15) is 4.31 Å².